The van der Waals surface area contributed by atoms with Gasteiger partial charge in [-0.05, 0) is 73.0 Å². The summed E-state index contributed by atoms with van der Waals surface area (Å²) in [5.41, 5.74) is 4.41. The number of thiazole rings is 1. The molecule has 248 valence electrons. The highest BCUT2D eigenvalue weighted by atomic mass is 32.2. The first-order valence-corrected chi connectivity index (χ1v) is 17.3. The quantitative estimate of drug-likeness (QED) is 0.0666. The number of carbonyl (C=O) groups excluding carboxylic acids is 4. The van der Waals surface area contributed by atoms with Crippen molar-refractivity contribution in [3.05, 3.63) is 137 Å². The zero-order valence-electron chi connectivity index (χ0n) is 26.8. The Morgan fingerprint density at radius 1 is 0.837 bits per heavy atom. The Morgan fingerprint density at radius 3 is 2.16 bits per heavy atom. The van der Waals surface area contributed by atoms with Gasteiger partial charge < -0.3 is 20.7 Å². The number of esters is 1. The van der Waals surface area contributed by atoms with Crippen LogP contribution in [0.25, 0.3) is 17.2 Å². The smallest absolute Gasteiger partial charge is 0.311 e. The maximum absolute atomic E-state index is 13.5. The second-order valence-electron chi connectivity index (χ2n) is 10.7. The Bertz CT molecular complexity index is 1930. The van der Waals surface area contributed by atoms with Crippen LogP contribution in [0.1, 0.15) is 35.5 Å². The summed E-state index contributed by atoms with van der Waals surface area (Å²) in [5.74, 6) is -1.50. The average molecular weight is 691 g/mol. The lowest BCUT2D eigenvalue weighted by Crippen LogP contribution is -2.30. The first-order valence-electron chi connectivity index (χ1n) is 15.5. The van der Waals surface area contributed by atoms with E-state index in [1.807, 2.05) is 60.7 Å². The van der Waals surface area contributed by atoms with Gasteiger partial charge in [0.15, 0.2) is 5.13 Å². The molecule has 0 spiro atoms. The van der Waals surface area contributed by atoms with Crippen LogP contribution in [-0.4, -0.2) is 40.5 Å². The van der Waals surface area contributed by atoms with Crippen LogP contribution in [0, 0.1) is 0 Å². The number of hydrogen-bond acceptors (Lipinski definition) is 8. The number of aromatic nitrogens is 1. The van der Waals surface area contributed by atoms with Gasteiger partial charge in [-0.2, -0.15) is 0 Å². The molecule has 1 atom stereocenters. The summed E-state index contributed by atoms with van der Waals surface area (Å²) in [6.07, 6.45) is 1.68. The number of rotatable bonds is 13. The lowest BCUT2D eigenvalue weighted by atomic mass is 10.0. The Balaban J connectivity index is 1.23. The Morgan fingerprint density at radius 2 is 1.49 bits per heavy atom. The molecule has 0 radical (unpaired) electrons. The number of nitrogens with one attached hydrogen (secondary N) is 3. The van der Waals surface area contributed by atoms with E-state index in [4.69, 9.17) is 4.74 Å². The Kier molecular flexibility index (Phi) is 12.1. The van der Waals surface area contributed by atoms with E-state index < -0.39 is 17.1 Å². The molecule has 0 aliphatic carbocycles. The van der Waals surface area contributed by atoms with Crippen molar-refractivity contribution in [3.63, 3.8) is 0 Å². The largest absolute Gasteiger partial charge is 0.466 e. The summed E-state index contributed by atoms with van der Waals surface area (Å²) >= 11 is 2.59. The summed E-state index contributed by atoms with van der Waals surface area (Å²) in [6.45, 7) is 3.82. The fraction of sp³-hybridized carbons (Fsp3) is 0.132. The number of ether oxygens (including phenoxy) is 1. The number of amides is 3. The molecular weight excluding hydrogens is 657 g/mol. The lowest BCUT2D eigenvalue weighted by Gasteiger charge is -2.13. The fourth-order valence-electron chi connectivity index (χ4n) is 4.60. The highest BCUT2D eigenvalue weighted by Gasteiger charge is 2.18. The molecule has 0 aliphatic heterocycles. The molecule has 3 N–H and O–H groups in total. The zero-order valence-corrected chi connectivity index (χ0v) is 28.5. The van der Waals surface area contributed by atoms with E-state index in [2.05, 4.69) is 20.9 Å². The minimum atomic E-state index is -0.490. The summed E-state index contributed by atoms with van der Waals surface area (Å²) < 4.78 is 4.95. The molecule has 5 aromatic rings. The van der Waals surface area contributed by atoms with Gasteiger partial charge in [-0.25, -0.2) is 4.98 Å². The predicted octanol–water partition coefficient (Wildman–Crippen LogP) is 7.44. The van der Waals surface area contributed by atoms with Gasteiger partial charge in [0.05, 0.1) is 24.0 Å². The third-order valence-corrected chi connectivity index (χ3v) is 8.98. The summed E-state index contributed by atoms with van der Waals surface area (Å²) in [6, 6.07) is 33.5. The van der Waals surface area contributed by atoms with E-state index >= 15 is 0 Å². The van der Waals surface area contributed by atoms with E-state index in [-0.39, 0.29) is 24.0 Å². The Labute approximate surface area is 292 Å². The minimum Gasteiger partial charge on any atom is -0.466 e. The molecule has 0 bridgehead atoms. The van der Waals surface area contributed by atoms with E-state index in [0.29, 0.717) is 28.7 Å². The van der Waals surface area contributed by atoms with Crippen LogP contribution in [0.5, 0.6) is 0 Å². The first kappa shape index (κ1) is 34.8. The highest BCUT2D eigenvalue weighted by Crippen LogP contribution is 2.27. The molecule has 11 heteroatoms. The van der Waals surface area contributed by atoms with Crippen molar-refractivity contribution in [3.8, 4) is 11.1 Å². The number of nitrogens with zero attached hydrogens (tertiary/aromatic N) is 1. The number of thioether (sulfide) groups is 1. The monoisotopic (exact) mass is 690 g/mol. The van der Waals surface area contributed by atoms with Crippen LogP contribution in [0.15, 0.2) is 125 Å². The van der Waals surface area contributed by atoms with Gasteiger partial charge >= 0.3 is 5.97 Å². The highest BCUT2D eigenvalue weighted by molar-refractivity contribution is 8.00. The Hall–Kier alpha value is -5.52. The van der Waals surface area contributed by atoms with Crippen LogP contribution >= 0.6 is 23.1 Å². The summed E-state index contributed by atoms with van der Waals surface area (Å²) in [4.78, 5) is 56.2. The van der Waals surface area contributed by atoms with Crippen molar-refractivity contribution in [1.29, 1.82) is 0 Å². The molecule has 0 fully saturated rings. The van der Waals surface area contributed by atoms with Crippen LogP contribution in [0.3, 0.4) is 0 Å². The maximum atomic E-state index is 13.5. The number of benzene rings is 4. The number of anilines is 2. The van der Waals surface area contributed by atoms with E-state index in [9.17, 15) is 19.2 Å². The SMILES string of the molecule is CCOC(=O)Cc1csc(NC(=O)C(C)Sc2ccc(NC(=O)/C(=C/c3ccc(-c4ccccc4)cc3)NC(=O)c3ccccc3)cc2)n1. The normalized spacial score (nSPS) is 11.7. The van der Waals surface area contributed by atoms with Crippen molar-refractivity contribution in [2.24, 2.45) is 0 Å². The fourth-order valence-corrected chi connectivity index (χ4v) is 6.18. The van der Waals surface area contributed by atoms with Crippen molar-refractivity contribution in [2.45, 2.75) is 30.4 Å². The zero-order chi connectivity index (χ0) is 34.6. The second-order valence-corrected chi connectivity index (χ2v) is 13.0. The molecule has 0 saturated carbocycles. The van der Waals surface area contributed by atoms with Gasteiger partial charge in [-0.1, -0.05) is 72.8 Å². The van der Waals surface area contributed by atoms with Gasteiger partial charge in [-0.3, -0.25) is 19.2 Å². The van der Waals surface area contributed by atoms with Gasteiger partial charge in [0.25, 0.3) is 11.8 Å². The van der Waals surface area contributed by atoms with E-state index in [1.54, 1.807) is 73.8 Å². The van der Waals surface area contributed by atoms with Crippen molar-refractivity contribution in [2.75, 3.05) is 17.2 Å². The molecule has 4 aromatic carbocycles. The third-order valence-electron chi connectivity index (χ3n) is 7.06. The maximum Gasteiger partial charge on any atom is 0.311 e. The molecule has 5 rings (SSSR count). The van der Waals surface area contributed by atoms with Gasteiger partial charge in [0.2, 0.25) is 5.91 Å². The van der Waals surface area contributed by atoms with Crippen LogP contribution in [-0.2, 0) is 25.5 Å². The van der Waals surface area contributed by atoms with E-state index in [1.165, 1.54) is 23.1 Å². The van der Waals surface area contributed by atoms with Crippen LogP contribution < -0.4 is 16.0 Å². The van der Waals surface area contributed by atoms with Crippen molar-refractivity contribution >= 4 is 63.7 Å². The third kappa shape index (κ3) is 10.2. The van der Waals surface area contributed by atoms with Crippen molar-refractivity contribution < 1.29 is 23.9 Å². The molecule has 3 amide bonds. The molecular formula is C38H34N4O5S2. The number of hydrogen-bond donors (Lipinski definition) is 3. The average Bonchev–Trinajstić information content (AvgIpc) is 3.56. The summed E-state index contributed by atoms with van der Waals surface area (Å²) in [5, 5.41) is 10.1. The topological polar surface area (TPSA) is 126 Å². The lowest BCUT2D eigenvalue weighted by molar-refractivity contribution is -0.142. The standard InChI is InChI=1S/C38H34N4O5S2/c1-3-47-34(43)23-31-24-48-38(40-31)42-35(44)25(2)49-32-20-18-30(19-21-32)39-37(46)33(41-36(45)29-12-8-5-9-13-29)22-26-14-16-28(17-15-26)27-10-6-4-7-11-27/h4-22,24-25H,3,23H2,1-2H3,(H,39,46)(H,41,45)(H,40,42,44)/b33-22-. The molecule has 0 saturated heterocycles. The molecule has 49 heavy (non-hydrogen) atoms. The molecule has 1 aromatic heterocycles. The van der Waals surface area contributed by atoms with E-state index in [0.717, 1.165) is 21.6 Å². The van der Waals surface area contributed by atoms with Gasteiger partial charge in [0, 0.05) is 21.5 Å². The molecule has 9 nitrogen and oxygen atoms in total. The molecule has 1 heterocycles. The second kappa shape index (κ2) is 17.0. The van der Waals surface area contributed by atoms with Gasteiger partial charge in [-0.15, -0.1) is 23.1 Å². The van der Waals surface area contributed by atoms with Crippen LogP contribution in [0.2, 0.25) is 0 Å². The molecule has 1 unspecified atom stereocenters. The summed E-state index contributed by atoms with van der Waals surface area (Å²) in [7, 11) is 0. The number of carbonyl (C=O) groups is 4. The minimum absolute atomic E-state index is 0.0476. The van der Waals surface area contributed by atoms with Crippen LogP contribution in [0.4, 0.5) is 10.8 Å². The van der Waals surface area contributed by atoms with Crippen molar-refractivity contribution in [1.82, 2.24) is 10.3 Å². The van der Waals surface area contributed by atoms with Gasteiger partial charge in [0.1, 0.15) is 5.70 Å². The molecule has 0 aliphatic rings. The predicted molar refractivity (Wildman–Crippen MR) is 195 cm³/mol. The first-order chi connectivity index (χ1) is 23.8.